The second kappa shape index (κ2) is 8.32. The number of rotatable bonds is 6. The van der Waals surface area contributed by atoms with Crippen LogP contribution in [-0.4, -0.2) is 25.1 Å². The van der Waals surface area contributed by atoms with Crippen LogP contribution in [0.3, 0.4) is 0 Å². The average Bonchev–Trinajstić information content (AvgIpc) is 2.59. The van der Waals surface area contributed by atoms with Gasteiger partial charge in [0.2, 0.25) is 0 Å². The summed E-state index contributed by atoms with van der Waals surface area (Å²) in [5.41, 5.74) is -0.721. The van der Waals surface area contributed by atoms with Gasteiger partial charge in [0.05, 0.1) is 5.56 Å². The zero-order chi connectivity index (χ0) is 19.2. The summed E-state index contributed by atoms with van der Waals surface area (Å²) in [6.07, 6.45) is -4.47. The Bertz CT molecular complexity index is 758. The van der Waals surface area contributed by atoms with Crippen LogP contribution < -0.4 is 10.1 Å². The van der Waals surface area contributed by atoms with Gasteiger partial charge in [0.1, 0.15) is 11.6 Å². The monoisotopic (exact) mass is 371 g/mol. The maximum atomic E-state index is 12.7. The molecule has 138 valence electrons. The summed E-state index contributed by atoms with van der Waals surface area (Å²) in [4.78, 5) is 23.1. The zero-order valence-electron chi connectivity index (χ0n) is 13.2. The summed E-state index contributed by atoms with van der Waals surface area (Å²) in [7, 11) is 0. The van der Waals surface area contributed by atoms with Crippen molar-refractivity contribution in [3.8, 4) is 5.75 Å². The van der Waals surface area contributed by atoms with E-state index in [0.29, 0.717) is 0 Å². The first-order valence-electron chi connectivity index (χ1n) is 7.25. The Morgan fingerprint density at radius 2 is 1.54 bits per heavy atom. The van der Waals surface area contributed by atoms with Crippen molar-refractivity contribution >= 4 is 17.6 Å². The summed E-state index contributed by atoms with van der Waals surface area (Å²) in [6.45, 7) is -1.12. The Kier molecular flexibility index (Phi) is 6.16. The molecule has 2 rings (SSSR count). The maximum Gasteiger partial charge on any atom is 0.416 e. The van der Waals surface area contributed by atoms with E-state index >= 15 is 0 Å². The number of ether oxygens (including phenoxy) is 2. The maximum absolute atomic E-state index is 12.7. The molecule has 0 spiro atoms. The Balaban J connectivity index is 1.74. The van der Waals surface area contributed by atoms with E-state index in [9.17, 15) is 27.2 Å². The van der Waals surface area contributed by atoms with Crippen LogP contribution >= 0.6 is 0 Å². The smallest absolute Gasteiger partial charge is 0.416 e. The molecule has 9 heteroatoms. The Hall–Kier alpha value is -3.10. The third-order valence-electron chi connectivity index (χ3n) is 3.03. The molecule has 0 bridgehead atoms. The van der Waals surface area contributed by atoms with E-state index < -0.39 is 42.6 Å². The van der Waals surface area contributed by atoms with Crippen LogP contribution in [0.1, 0.15) is 5.56 Å². The number of alkyl halides is 3. The molecule has 0 aliphatic heterocycles. The molecule has 1 N–H and O–H groups in total. The minimum atomic E-state index is -4.47. The van der Waals surface area contributed by atoms with Crippen LogP contribution in [0.25, 0.3) is 0 Å². The number of carbonyl (C=O) groups excluding carboxylic acids is 2. The number of amides is 1. The summed E-state index contributed by atoms with van der Waals surface area (Å²) >= 11 is 0. The molecule has 26 heavy (non-hydrogen) atoms. The quantitative estimate of drug-likeness (QED) is 0.624. The highest BCUT2D eigenvalue weighted by Crippen LogP contribution is 2.29. The lowest BCUT2D eigenvalue weighted by atomic mass is 10.2. The summed E-state index contributed by atoms with van der Waals surface area (Å²) < 4.78 is 59.7. The molecule has 0 saturated carbocycles. The molecule has 0 aromatic heterocycles. The molecule has 2 aromatic rings. The first kappa shape index (κ1) is 19.2. The number of benzene rings is 2. The van der Waals surface area contributed by atoms with Gasteiger partial charge in [0, 0.05) is 5.69 Å². The van der Waals surface area contributed by atoms with E-state index in [2.05, 4.69) is 10.1 Å². The predicted octanol–water partition coefficient (Wildman–Crippen LogP) is 3.41. The van der Waals surface area contributed by atoms with Crippen LogP contribution in [0, 0.1) is 5.82 Å². The van der Waals surface area contributed by atoms with E-state index in [-0.39, 0.29) is 11.4 Å². The highest BCUT2D eigenvalue weighted by atomic mass is 19.4. The molecule has 0 fully saturated rings. The minimum Gasteiger partial charge on any atom is -0.482 e. The van der Waals surface area contributed by atoms with Crippen molar-refractivity contribution in [1.82, 2.24) is 0 Å². The molecule has 2 aromatic carbocycles. The molecule has 0 heterocycles. The largest absolute Gasteiger partial charge is 0.482 e. The first-order valence-corrected chi connectivity index (χ1v) is 7.25. The zero-order valence-corrected chi connectivity index (χ0v) is 13.2. The fourth-order valence-corrected chi connectivity index (χ4v) is 1.80. The Morgan fingerprint density at radius 3 is 2.12 bits per heavy atom. The Labute approximate surface area is 145 Å². The molecular formula is C17H13F4NO4. The number of halogens is 4. The third kappa shape index (κ3) is 6.08. The SMILES string of the molecule is O=C(COC(=O)COc1ccc(F)cc1)Nc1ccc(C(F)(F)F)cc1. The van der Waals surface area contributed by atoms with Gasteiger partial charge in [-0.25, -0.2) is 9.18 Å². The second-order valence-electron chi connectivity index (χ2n) is 5.03. The number of hydrogen-bond acceptors (Lipinski definition) is 4. The summed E-state index contributed by atoms with van der Waals surface area (Å²) in [6, 6.07) is 8.74. The van der Waals surface area contributed by atoms with E-state index in [4.69, 9.17) is 4.74 Å². The predicted molar refractivity (Wildman–Crippen MR) is 82.9 cm³/mol. The van der Waals surface area contributed by atoms with Gasteiger partial charge >= 0.3 is 12.1 Å². The number of hydrogen-bond donors (Lipinski definition) is 1. The minimum absolute atomic E-state index is 0.126. The normalized spacial score (nSPS) is 10.9. The molecule has 5 nitrogen and oxygen atoms in total. The van der Waals surface area contributed by atoms with Gasteiger partial charge in [0.15, 0.2) is 13.2 Å². The van der Waals surface area contributed by atoms with Gasteiger partial charge < -0.3 is 14.8 Å². The van der Waals surface area contributed by atoms with Gasteiger partial charge in [-0.05, 0) is 48.5 Å². The van der Waals surface area contributed by atoms with Crippen LogP contribution in [0.5, 0.6) is 5.75 Å². The Morgan fingerprint density at radius 1 is 0.923 bits per heavy atom. The topological polar surface area (TPSA) is 64.6 Å². The van der Waals surface area contributed by atoms with Crippen molar-refractivity contribution in [3.63, 3.8) is 0 Å². The number of nitrogens with one attached hydrogen (secondary N) is 1. The summed E-state index contributed by atoms with van der Waals surface area (Å²) in [5, 5.41) is 2.29. The third-order valence-corrected chi connectivity index (χ3v) is 3.03. The molecule has 0 atom stereocenters. The van der Waals surface area contributed by atoms with Gasteiger partial charge in [-0.3, -0.25) is 4.79 Å². The first-order chi connectivity index (χ1) is 12.2. The highest BCUT2D eigenvalue weighted by Gasteiger charge is 2.29. The van der Waals surface area contributed by atoms with Gasteiger partial charge in [-0.2, -0.15) is 13.2 Å². The molecule has 0 saturated heterocycles. The van der Waals surface area contributed by atoms with E-state index in [1.165, 1.54) is 12.1 Å². The lowest BCUT2D eigenvalue weighted by molar-refractivity contribution is -0.149. The van der Waals surface area contributed by atoms with Crippen LogP contribution in [0.15, 0.2) is 48.5 Å². The molecule has 0 aliphatic carbocycles. The van der Waals surface area contributed by atoms with Crippen molar-refractivity contribution < 1.29 is 36.6 Å². The van der Waals surface area contributed by atoms with Crippen molar-refractivity contribution in [1.29, 1.82) is 0 Å². The van der Waals surface area contributed by atoms with Gasteiger partial charge in [-0.1, -0.05) is 0 Å². The van der Waals surface area contributed by atoms with E-state index in [1.54, 1.807) is 0 Å². The van der Waals surface area contributed by atoms with Gasteiger partial charge in [0.25, 0.3) is 5.91 Å². The number of anilines is 1. The number of carbonyl (C=O) groups is 2. The fourth-order valence-electron chi connectivity index (χ4n) is 1.80. The van der Waals surface area contributed by atoms with Crippen molar-refractivity contribution in [2.45, 2.75) is 6.18 Å². The standard InChI is InChI=1S/C17H13F4NO4/c18-12-3-7-14(8-4-12)25-10-16(24)26-9-15(23)22-13-5-1-11(2-6-13)17(19,20)21/h1-8H,9-10H2,(H,22,23). The highest BCUT2D eigenvalue weighted by molar-refractivity contribution is 5.92. The van der Waals surface area contributed by atoms with Crippen molar-refractivity contribution in [2.75, 3.05) is 18.5 Å². The average molecular weight is 371 g/mol. The fraction of sp³-hybridized carbons (Fsp3) is 0.176. The molecular weight excluding hydrogens is 358 g/mol. The van der Waals surface area contributed by atoms with Crippen molar-refractivity contribution in [2.24, 2.45) is 0 Å². The van der Waals surface area contributed by atoms with Crippen molar-refractivity contribution in [3.05, 3.63) is 59.9 Å². The van der Waals surface area contributed by atoms with E-state index in [0.717, 1.165) is 36.4 Å². The lowest BCUT2D eigenvalue weighted by Gasteiger charge is -2.09. The van der Waals surface area contributed by atoms with Crippen LogP contribution in [-0.2, 0) is 20.5 Å². The molecule has 0 unspecified atom stereocenters. The molecule has 0 aliphatic rings. The van der Waals surface area contributed by atoms with Crippen LogP contribution in [0.2, 0.25) is 0 Å². The van der Waals surface area contributed by atoms with Gasteiger partial charge in [-0.15, -0.1) is 0 Å². The summed E-state index contributed by atoms with van der Waals surface area (Å²) in [5.74, 6) is -1.77. The lowest BCUT2D eigenvalue weighted by Crippen LogP contribution is -2.23. The van der Waals surface area contributed by atoms with Crippen LogP contribution in [0.4, 0.5) is 23.2 Å². The molecule has 1 amide bonds. The van der Waals surface area contributed by atoms with E-state index in [1.807, 2.05) is 0 Å². The molecule has 0 radical (unpaired) electrons. The second-order valence-corrected chi connectivity index (χ2v) is 5.03. The number of esters is 1.